The second-order valence-corrected chi connectivity index (χ2v) is 7.18. The van der Waals surface area contributed by atoms with Crippen LogP contribution in [0.1, 0.15) is 32.6 Å². The molecule has 132 valence electrons. The number of carbonyl (C=O) groups excluding carboxylic acids is 1. The Kier molecular flexibility index (Phi) is 5.72. The van der Waals surface area contributed by atoms with Crippen LogP contribution in [-0.2, 0) is 4.79 Å². The lowest BCUT2D eigenvalue weighted by Gasteiger charge is -2.36. The molecule has 4 nitrogen and oxygen atoms in total. The number of carbonyl (C=O) groups is 1. The molecule has 0 spiro atoms. The molecule has 0 radical (unpaired) electrons. The number of nitrogens with zero attached hydrogens (tertiary/aromatic N) is 2. The van der Waals surface area contributed by atoms with Crippen molar-refractivity contribution in [3.8, 4) is 0 Å². The van der Waals surface area contributed by atoms with Crippen molar-refractivity contribution in [3.05, 3.63) is 30.1 Å². The van der Waals surface area contributed by atoms with Crippen molar-refractivity contribution in [3.63, 3.8) is 0 Å². The van der Waals surface area contributed by atoms with E-state index in [2.05, 4.69) is 22.0 Å². The van der Waals surface area contributed by atoms with Crippen molar-refractivity contribution in [2.45, 2.75) is 38.6 Å². The van der Waals surface area contributed by atoms with Crippen LogP contribution in [0.2, 0.25) is 0 Å². The number of anilines is 1. The molecule has 3 rings (SSSR count). The van der Waals surface area contributed by atoms with Gasteiger partial charge in [0.05, 0.1) is 6.54 Å². The van der Waals surface area contributed by atoms with Gasteiger partial charge in [0.2, 0.25) is 5.91 Å². The van der Waals surface area contributed by atoms with Gasteiger partial charge < -0.3 is 10.2 Å². The number of halogens is 1. The molecule has 1 heterocycles. The Hall–Kier alpha value is -1.62. The first-order chi connectivity index (χ1) is 11.6. The summed E-state index contributed by atoms with van der Waals surface area (Å²) in [5.74, 6) is 0.549. The summed E-state index contributed by atoms with van der Waals surface area (Å²) in [5, 5.41) is 3.23. The molecular formula is C19H28FN3O. The van der Waals surface area contributed by atoms with Crippen molar-refractivity contribution >= 4 is 11.6 Å². The monoisotopic (exact) mass is 333 g/mol. The highest BCUT2D eigenvalue weighted by Crippen LogP contribution is 2.23. The fourth-order valence-electron chi connectivity index (χ4n) is 3.80. The van der Waals surface area contributed by atoms with Gasteiger partial charge in [-0.1, -0.05) is 19.8 Å². The number of benzene rings is 1. The molecule has 0 unspecified atom stereocenters. The predicted octanol–water partition coefficient (Wildman–Crippen LogP) is 2.64. The molecule has 24 heavy (non-hydrogen) atoms. The zero-order valence-corrected chi connectivity index (χ0v) is 14.5. The van der Waals surface area contributed by atoms with Crippen LogP contribution >= 0.6 is 0 Å². The highest BCUT2D eigenvalue weighted by molar-refractivity contribution is 5.78. The van der Waals surface area contributed by atoms with Crippen LogP contribution in [0.5, 0.6) is 0 Å². The number of nitrogens with one attached hydrogen (secondary N) is 1. The summed E-state index contributed by atoms with van der Waals surface area (Å²) in [4.78, 5) is 16.8. The van der Waals surface area contributed by atoms with Crippen LogP contribution in [0.4, 0.5) is 10.1 Å². The molecular weight excluding hydrogens is 305 g/mol. The van der Waals surface area contributed by atoms with Gasteiger partial charge in [0.15, 0.2) is 0 Å². The van der Waals surface area contributed by atoms with Gasteiger partial charge in [-0.15, -0.1) is 0 Å². The van der Waals surface area contributed by atoms with Crippen LogP contribution in [0.15, 0.2) is 24.3 Å². The first-order valence-corrected chi connectivity index (χ1v) is 9.14. The van der Waals surface area contributed by atoms with E-state index in [-0.39, 0.29) is 11.7 Å². The molecule has 0 aromatic heterocycles. The van der Waals surface area contributed by atoms with E-state index in [1.807, 2.05) is 12.1 Å². The third-order valence-electron chi connectivity index (χ3n) is 5.39. The van der Waals surface area contributed by atoms with E-state index in [0.29, 0.717) is 18.5 Å². The fraction of sp³-hybridized carbons (Fsp3) is 0.632. The minimum Gasteiger partial charge on any atom is -0.369 e. The van der Waals surface area contributed by atoms with E-state index in [0.717, 1.165) is 38.3 Å². The van der Waals surface area contributed by atoms with Crippen molar-refractivity contribution in [1.29, 1.82) is 0 Å². The van der Waals surface area contributed by atoms with Gasteiger partial charge in [-0.25, -0.2) is 4.39 Å². The van der Waals surface area contributed by atoms with Gasteiger partial charge in [0.25, 0.3) is 0 Å². The topological polar surface area (TPSA) is 35.6 Å². The quantitative estimate of drug-likeness (QED) is 0.920. The average molecular weight is 333 g/mol. The molecule has 1 aromatic rings. The summed E-state index contributed by atoms with van der Waals surface area (Å²) >= 11 is 0. The Morgan fingerprint density at radius 3 is 2.46 bits per heavy atom. The van der Waals surface area contributed by atoms with Gasteiger partial charge in [-0.3, -0.25) is 9.69 Å². The minimum atomic E-state index is -0.203. The van der Waals surface area contributed by atoms with E-state index < -0.39 is 0 Å². The maximum Gasteiger partial charge on any atom is 0.234 e. The molecule has 1 saturated carbocycles. The second kappa shape index (κ2) is 7.97. The summed E-state index contributed by atoms with van der Waals surface area (Å²) < 4.78 is 13.0. The lowest BCUT2D eigenvalue weighted by atomic mass is 9.86. The number of hydrogen-bond acceptors (Lipinski definition) is 3. The van der Waals surface area contributed by atoms with Gasteiger partial charge >= 0.3 is 0 Å². The first kappa shape index (κ1) is 17.2. The van der Waals surface area contributed by atoms with Gasteiger partial charge in [0.1, 0.15) is 5.82 Å². The number of rotatable bonds is 4. The van der Waals surface area contributed by atoms with E-state index in [1.54, 1.807) is 0 Å². The summed E-state index contributed by atoms with van der Waals surface area (Å²) in [6.07, 6.45) is 4.86. The molecule has 1 saturated heterocycles. The van der Waals surface area contributed by atoms with Gasteiger partial charge in [-0.05, 0) is 43.0 Å². The summed E-state index contributed by atoms with van der Waals surface area (Å²) in [6, 6.07) is 7.00. The lowest BCUT2D eigenvalue weighted by Crippen LogP contribution is -2.51. The molecule has 5 heteroatoms. The smallest absolute Gasteiger partial charge is 0.234 e. The van der Waals surface area contributed by atoms with E-state index in [1.165, 1.54) is 31.4 Å². The van der Waals surface area contributed by atoms with Crippen LogP contribution < -0.4 is 10.2 Å². The molecule has 1 N–H and O–H groups in total. The fourth-order valence-corrected chi connectivity index (χ4v) is 3.80. The highest BCUT2D eigenvalue weighted by Gasteiger charge is 2.24. The largest absolute Gasteiger partial charge is 0.369 e. The maximum absolute atomic E-state index is 13.0. The van der Waals surface area contributed by atoms with Crippen LogP contribution in [0.3, 0.4) is 0 Å². The molecule has 1 aliphatic heterocycles. The third-order valence-corrected chi connectivity index (χ3v) is 5.39. The molecule has 1 aliphatic carbocycles. The van der Waals surface area contributed by atoms with Crippen LogP contribution in [0.25, 0.3) is 0 Å². The van der Waals surface area contributed by atoms with E-state index in [9.17, 15) is 9.18 Å². The third kappa shape index (κ3) is 4.47. The molecule has 2 atom stereocenters. The number of hydrogen-bond donors (Lipinski definition) is 1. The molecule has 1 amide bonds. The SMILES string of the molecule is C[C@@H]1CCCC[C@@H]1NC(=O)CN1CCN(c2ccc(F)cc2)CC1. The van der Waals surface area contributed by atoms with E-state index in [4.69, 9.17) is 0 Å². The molecule has 2 fully saturated rings. The van der Waals surface area contributed by atoms with Crippen molar-refractivity contribution < 1.29 is 9.18 Å². The zero-order chi connectivity index (χ0) is 16.9. The van der Waals surface area contributed by atoms with Crippen molar-refractivity contribution in [2.24, 2.45) is 5.92 Å². The zero-order valence-electron chi connectivity index (χ0n) is 14.5. The molecule has 2 aliphatic rings. The lowest BCUT2D eigenvalue weighted by molar-refractivity contribution is -0.123. The van der Waals surface area contributed by atoms with Crippen LogP contribution in [0, 0.1) is 11.7 Å². The van der Waals surface area contributed by atoms with Crippen molar-refractivity contribution in [1.82, 2.24) is 10.2 Å². The summed E-state index contributed by atoms with van der Waals surface area (Å²) in [7, 11) is 0. The molecule has 0 bridgehead atoms. The van der Waals surface area contributed by atoms with Gasteiger partial charge in [-0.2, -0.15) is 0 Å². The molecule has 1 aromatic carbocycles. The Bertz CT molecular complexity index is 540. The summed E-state index contributed by atoms with van der Waals surface area (Å²) in [6.45, 7) is 6.21. The Morgan fingerprint density at radius 2 is 1.79 bits per heavy atom. The Morgan fingerprint density at radius 1 is 1.12 bits per heavy atom. The average Bonchev–Trinajstić information content (AvgIpc) is 2.58. The maximum atomic E-state index is 13.0. The summed E-state index contributed by atoms with van der Waals surface area (Å²) in [5.41, 5.74) is 1.05. The number of amides is 1. The number of piperazine rings is 1. The normalized spacial score (nSPS) is 25.5. The standard InChI is InChI=1S/C19H28FN3O/c1-15-4-2-3-5-18(15)21-19(24)14-22-10-12-23(13-11-22)17-8-6-16(20)7-9-17/h6-9,15,18H,2-5,10-14H2,1H3,(H,21,24)/t15-,18+/m1/s1. The minimum absolute atomic E-state index is 0.156. The van der Waals surface area contributed by atoms with Gasteiger partial charge in [0, 0.05) is 37.9 Å². The van der Waals surface area contributed by atoms with Crippen LogP contribution in [-0.4, -0.2) is 49.6 Å². The highest BCUT2D eigenvalue weighted by atomic mass is 19.1. The Balaban J connectivity index is 1.43. The second-order valence-electron chi connectivity index (χ2n) is 7.18. The predicted molar refractivity (Wildman–Crippen MR) is 94.6 cm³/mol. The van der Waals surface area contributed by atoms with Crippen molar-refractivity contribution in [2.75, 3.05) is 37.6 Å². The first-order valence-electron chi connectivity index (χ1n) is 9.14. The van der Waals surface area contributed by atoms with E-state index >= 15 is 0 Å². The Labute approximate surface area is 144 Å².